The first kappa shape index (κ1) is 18.3. The summed E-state index contributed by atoms with van der Waals surface area (Å²) >= 11 is -1.46. The van der Waals surface area contributed by atoms with E-state index in [4.69, 9.17) is 5.11 Å². The van der Waals surface area contributed by atoms with Gasteiger partial charge in [-0.15, -0.1) is 4.72 Å². The van der Waals surface area contributed by atoms with E-state index in [9.17, 15) is 17.7 Å². The van der Waals surface area contributed by atoms with Crippen LogP contribution in [0.1, 0.15) is 44.9 Å². The number of hydrogen-bond acceptors (Lipinski definition) is 3. The fraction of sp³-hybridized carbons (Fsp3) is 0.571. The van der Waals surface area contributed by atoms with Crippen LogP contribution in [0.4, 0.5) is 13.2 Å². The number of nitrogens with one attached hydrogen (secondary N) is 1. The zero-order valence-electron chi connectivity index (χ0n) is 12.4. The van der Waals surface area contributed by atoms with Crippen molar-refractivity contribution in [1.29, 1.82) is 0 Å². The van der Waals surface area contributed by atoms with E-state index in [2.05, 4.69) is 4.72 Å². The van der Waals surface area contributed by atoms with E-state index in [0.717, 1.165) is 6.07 Å². The Balaban J connectivity index is 3.07. The van der Waals surface area contributed by atoms with Crippen molar-refractivity contribution < 1.29 is 22.8 Å². The molecule has 2 unspecified atom stereocenters. The Kier molecular flexibility index (Phi) is 5.71. The van der Waals surface area contributed by atoms with Crippen molar-refractivity contribution in [1.82, 2.24) is 4.72 Å². The Bertz CT molecular complexity index is 492. The topological polar surface area (TPSA) is 55.3 Å². The lowest BCUT2D eigenvalue weighted by Gasteiger charge is -2.27. The van der Waals surface area contributed by atoms with Crippen molar-refractivity contribution in [2.24, 2.45) is 0 Å². The van der Waals surface area contributed by atoms with Gasteiger partial charge in [0.1, 0.15) is 17.2 Å². The average molecular weight is 323 g/mol. The van der Waals surface area contributed by atoms with Gasteiger partial charge in [-0.25, -0.2) is 4.39 Å². The Morgan fingerprint density at radius 3 is 2.38 bits per heavy atom. The van der Waals surface area contributed by atoms with E-state index in [1.54, 1.807) is 27.7 Å². The first-order valence-corrected chi connectivity index (χ1v) is 7.61. The van der Waals surface area contributed by atoms with Crippen molar-refractivity contribution in [2.75, 3.05) is 6.61 Å². The SMILES string of the molecule is CC(N[S+]([O-])C(C)(C)C)c1cccc(C(F)(F)CO)c1F. The zero-order valence-corrected chi connectivity index (χ0v) is 13.2. The monoisotopic (exact) mass is 323 g/mol. The largest absolute Gasteiger partial charge is 0.598 e. The molecule has 0 aromatic heterocycles. The van der Waals surface area contributed by atoms with Crippen LogP contribution in [-0.4, -0.2) is 21.0 Å². The Morgan fingerprint density at radius 2 is 1.90 bits per heavy atom. The average Bonchev–Trinajstić information content (AvgIpc) is 2.37. The number of rotatable bonds is 5. The van der Waals surface area contributed by atoms with Crippen LogP contribution >= 0.6 is 0 Å². The third-order valence-corrected chi connectivity index (χ3v) is 4.61. The highest BCUT2D eigenvalue weighted by atomic mass is 32.2. The number of alkyl halides is 2. The molecule has 0 fully saturated rings. The molecule has 3 nitrogen and oxygen atoms in total. The van der Waals surface area contributed by atoms with Crippen LogP contribution in [0.15, 0.2) is 18.2 Å². The molecule has 1 aromatic rings. The second-order valence-electron chi connectivity index (χ2n) is 5.79. The number of aliphatic hydroxyl groups is 1. The van der Waals surface area contributed by atoms with Crippen LogP contribution in [0.25, 0.3) is 0 Å². The van der Waals surface area contributed by atoms with Gasteiger partial charge < -0.3 is 9.66 Å². The predicted molar refractivity (Wildman–Crippen MR) is 76.8 cm³/mol. The molecule has 2 atom stereocenters. The fourth-order valence-corrected chi connectivity index (χ4v) is 2.45. The van der Waals surface area contributed by atoms with Gasteiger partial charge in [0.05, 0.1) is 11.6 Å². The van der Waals surface area contributed by atoms with Gasteiger partial charge in [-0.05, 0) is 33.8 Å². The molecule has 0 heterocycles. The third-order valence-electron chi connectivity index (χ3n) is 2.93. The van der Waals surface area contributed by atoms with Crippen LogP contribution in [0, 0.1) is 5.82 Å². The van der Waals surface area contributed by atoms with Crippen LogP contribution in [0.3, 0.4) is 0 Å². The first-order valence-electron chi connectivity index (χ1n) is 6.46. The summed E-state index contributed by atoms with van der Waals surface area (Å²) in [4.78, 5) is 0. The molecule has 120 valence electrons. The normalized spacial score (nSPS) is 15.9. The summed E-state index contributed by atoms with van der Waals surface area (Å²) < 4.78 is 55.3. The van der Waals surface area contributed by atoms with Gasteiger partial charge in [-0.1, -0.05) is 12.1 Å². The first-order chi connectivity index (χ1) is 9.50. The minimum absolute atomic E-state index is 0.0155. The second-order valence-corrected chi connectivity index (χ2v) is 7.79. The minimum atomic E-state index is -3.65. The smallest absolute Gasteiger partial charge is 0.298 e. The maximum Gasteiger partial charge on any atom is 0.298 e. The third kappa shape index (κ3) is 4.35. The van der Waals surface area contributed by atoms with E-state index < -0.39 is 46.1 Å². The quantitative estimate of drug-likeness (QED) is 0.819. The van der Waals surface area contributed by atoms with Gasteiger partial charge in [0, 0.05) is 16.9 Å². The second kappa shape index (κ2) is 6.56. The van der Waals surface area contributed by atoms with Crippen LogP contribution in [-0.2, 0) is 17.3 Å². The maximum atomic E-state index is 14.2. The predicted octanol–water partition coefficient (Wildman–Crippen LogP) is 3.02. The summed E-state index contributed by atoms with van der Waals surface area (Å²) in [6.07, 6.45) is 0. The molecule has 0 aliphatic heterocycles. The molecule has 0 amide bonds. The molecule has 0 aliphatic rings. The fourth-order valence-electron chi connectivity index (χ4n) is 1.65. The number of benzene rings is 1. The molecule has 2 N–H and O–H groups in total. The summed E-state index contributed by atoms with van der Waals surface area (Å²) in [6, 6.07) is 2.86. The van der Waals surface area contributed by atoms with Crippen molar-refractivity contribution in [2.45, 2.75) is 44.4 Å². The number of hydrogen-bond donors (Lipinski definition) is 2. The summed E-state index contributed by atoms with van der Waals surface area (Å²) in [7, 11) is 0. The van der Waals surface area contributed by atoms with Crippen molar-refractivity contribution >= 4 is 11.4 Å². The molecular formula is C14H20F3NO2S. The molecule has 21 heavy (non-hydrogen) atoms. The van der Waals surface area contributed by atoms with Gasteiger partial charge in [-0.2, -0.15) is 8.78 Å². The molecule has 0 bridgehead atoms. The Hall–Kier alpha value is -0.760. The van der Waals surface area contributed by atoms with Gasteiger partial charge in [0.2, 0.25) is 0 Å². The van der Waals surface area contributed by atoms with Crippen LogP contribution in [0.5, 0.6) is 0 Å². The summed E-state index contributed by atoms with van der Waals surface area (Å²) in [5.74, 6) is -4.74. The number of aliphatic hydroxyl groups excluding tert-OH is 1. The summed E-state index contributed by atoms with van der Waals surface area (Å²) in [5.41, 5.74) is -0.879. The standard InChI is InChI=1S/C14H20F3NO2S/c1-9(18-21(20)13(2,3)4)10-6-5-7-11(12(10)15)14(16,17)8-19/h5-7,9,18-19H,8H2,1-4H3. The minimum Gasteiger partial charge on any atom is -0.598 e. The molecular weight excluding hydrogens is 303 g/mol. The van der Waals surface area contributed by atoms with Gasteiger partial charge in [0.15, 0.2) is 0 Å². The highest BCUT2D eigenvalue weighted by Crippen LogP contribution is 2.32. The number of halogens is 3. The van der Waals surface area contributed by atoms with Crippen LogP contribution < -0.4 is 4.72 Å². The maximum absolute atomic E-state index is 14.2. The van der Waals surface area contributed by atoms with Crippen molar-refractivity contribution in [3.05, 3.63) is 35.1 Å². The zero-order chi connectivity index (χ0) is 16.4. The lowest BCUT2D eigenvalue weighted by Crippen LogP contribution is -2.40. The van der Waals surface area contributed by atoms with E-state index in [-0.39, 0.29) is 5.56 Å². The lowest BCUT2D eigenvalue weighted by molar-refractivity contribution is -0.0584. The highest BCUT2D eigenvalue weighted by molar-refractivity contribution is 7.90. The van der Waals surface area contributed by atoms with Crippen LogP contribution in [0.2, 0.25) is 0 Å². The molecule has 7 heteroatoms. The van der Waals surface area contributed by atoms with Crippen molar-refractivity contribution in [3.8, 4) is 0 Å². The van der Waals surface area contributed by atoms with E-state index in [0.29, 0.717) is 0 Å². The van der Waals surface area contributed by atoms with E-state index in [1.165, 1.54) is 12.1 Å². The summed E-state index contributed by atoms with van der Waals surface area (Å²) in [6.45, 7) is 5.31. The Labute approximate surface area is 125 Å². The highest BCUT2D eigenvalue weighted by Gasteiger charge is 2.36. The van der Waals surface area contributed by atoms with Crippen molar-refractivity contribution in [3.63, 3.8) is 0 Å². The molecule has 1 aromatic carbocycles. The van der Waals surface area contributed by atoms with Gasteiger partial charge >= 0.3 is 0 Å². The lowest BCUT2D eigenvalue weighted by atomic mass is 10.0. The summed E-state index contributed by atoms with van der Waals surface area (Å²) in [5, 5.41) is 8.67. The Morgan fingerprint density at radius 1 is 1.33 bits per heavy atom. The molecule has 1 rings (SSSR count). The molecule has 0 spiro atoms. The van der Waals surface area contributed by atoms with Gasteiger partial charge in [0.25, 0.3) is 5.92 Å². The van der Waals surface area contributed by atoms with E-state index >= 15 is 0 Å². The molecule has 0 radical (unpaired) electrons. The molecule has 0 saturated heterocycles. The van der Waals surface area contributed by atoms with E-state index in [1.807, 2.05) is 0 Å². The molecule has 0 saturated carbocycles. The van der Waals surface area contributed by atoms with Gasteiger partial charge in [-0.3, -0.25) is 0 Å². The molecule has 0 aliphatic carbocycles.